The molecule has 11 nitrogen and oxygen atoms in total. The minimum absolute atomic E-state index is 0.0905. The summed E-state index contributed by atoms with van der Waals surface area (Å²) in [7, 11) is 0. The lowest BCUT2D eigenvalue weighted by Crippen LogP contribution is -2.65. The predicted octanol–water partition coefficient (Wildman–Crippen LogP) is 0.667. The molecule has 170 valence electrons. The molecule has 0 heterocycles. The Balaban J connectivity index is -0.000000504. The van der Waals surface area contributed by atoms with Gasteiger partial charge in [0.15, 0.2) is 0 Å². The maximum atomic E-state index is 11.5. The summed E-state index contributed by atoms with van der Waals surface area (Å²) in [6.07, 6.45) is -3.28. The van der Waals surface area contributed by atoms with Gasteiger partial charge in [0.25, 0.3) is 0 Å². The Kier molecular flexibility index (Phi) is 15.8. The largest absolute Gasteiger partial charge is 0.490 e. The molecule has 8 N–H and O–H groups in total. The smallest absolute Gasteiger partial charge is 0.478 e. The second kappa shape index (κ2) is 14.9. The van der Waals surface area contributed by atoms with Crippen LogP contribution in [0, 0.1) is 0 Å². The Morgan fingerprint density at radius 3 is 1.21 bits per heavy atom. The first-order chi connectivity index (χ1) is 13.1. The van der Waals surface area contributed by atoms with E-state index in [0.717, 1.165) is 0 Å². The molecule has 0 rings (SSSR count). The van der Waals surface area contributed by atoms with Crippen LogP contribution in [0.25, 0.3) is 0 Å². The lowest BCUT2D eigenvalue weighted by atomic mass is 10.1. The van der Waals surface area contributed by atoms with E-state index < -0.39 is 29.8 Å². The van der Waals surface area contributed by atoms with E-state index in [1.807, 2.05) is 13.8 Å². The monoisotopic (exact) mass is 432 g/mol. The number of carboxylic acids is 2. The summed E-state index contributed by atoms with van der Waals surface area (Å²) in [6, 6.07) is -0.833. The van der Waals surface area contributed by atoms with Gasteiger partial charge < -0.3 is 32.3 Å². The zero-order chi connectivity index (χ0) is 23.8. The van der Waals surface area contributed by atoms with Crippen LogP contribution in [0.15, 0.2) is 0 Å². The summed E-state index contributed by atoms with van der Waals surface area (Å²) in [4.78, 5) is 52.3. The van der Waals surface area contributed by atoms with Gasteiger partial charge in [-0.3, -0.25) is 9.59 Å². The summed E-state index contributed by atoms with van der Waals surface area (Å²) in [5, 5.41) is 21.2. The number of nitrogens with two attached hydrogens (primary N) is 2. The number of rotatable bonds is 8. The number of amides is 4. The van der Waals surface area contributed by atoms with E-state index in [2.05, 4.69) is 22.1 Å². The van der Waals surface area contributed by atoms with Crippen molar-refractivity contribution in [2.24, 2.45) is 11.5 Å². The number of alkyl halides is 3. The summed E-state index contributed by atoms with van der Waals surface area (Å²) in [5.74, 6) is -4.76. The lowest BCUT2D eigenvalue weighted by molar-refractivity contribution is -0.192. The number of halogens is 3. The number of hydrogen-bond donors (Lipinski definition) is 6. The minimum Gasteiger partial charge on any atom is -0.478 e. The fourth-order valence-corrected chi connectivity index (χ4v) is 1.52. The molecular weight excluding hydrogens is 405 g/mol. The van der Waals surface area contributed by atoms with E-state index in [1.165, 1.54) is 0 Å². The molecule has 29 heavy (non-hydrogen) atoms. The predicted molar refractivity (Wildman–Crippen MR) is 94.2 cm³/mol. The molecule has 0 radical (unpaired) electrons. The van der Waals surface area contributed by atoms with E-state index in [9.17, 15) is 32.7 Å². The molecule has 0 saturated carbocycles. The molecule has 0 unspecified atom stereocenters. The van der Waals surface area contributed by atoms with Crippen LogP contribution in [0.5, 0.6) is 0 Å². The van der Waals surface area contributed by atoms with Crippen LogP contribution >= 0.6 is 0 Å². The highest BCUT2D eigenvalue weighted by atomic mass is 19.4. The Hall–Kier alpha value is -3.06. The molecule has 0 aliphatic carbocycles. The Morgan fingerprint density at radius 1 is 0.793 bits per heavy atom. The third-order valence-electron chi connectivity index (χ3n) is 2.80. The van der Waals surface area contributed by atoms with E-state index in [1.54, 1.807) is 6.92 Å². The van der Waals surface area contributed by atoms with Crippen molar-refractivity contribution in [3.63, 3.8) is 0 Å². The molecule has 0 aromatic heterocycles. The van der Waals surface area contributed by atoms with Crippen LogP contribution in [0.3, 0.4) is 0 Å². The highest BCUT2D eigenvalue weighted by Crippen LogP contribution is 2.13. The zero-order valence-corrected chi connectivity index (χ0v) is 16.3. The molecule has 0 saturated heterocycles. The molecule has 0 aromatic rings. The number of carbonyl (C=O) groups is 5. The molecule has 4 amide bonds. The minimum atomic E-state index is -5.08. The van der Waals surface area contributed by atoms with Crippen LogP contribution in [-0.2, 0) is 19.2 Å². The average molecular weight is 432 g/mol. The number of hydrogen-bond acceptors (Lipinski definition) is 5. The van der Waals surface area contributed by atoms with Crippen LogP contribution in [0.4, 0.5) is 18.0 Å². The fraction of sp³-hybridized carbons (Fsp3) is 0.667. The fourth-order valence-electron chi connectivity index (χ4n) is 1.52. The number of carboxylic acid groups (broad SMARTS) is 2. The van der Waals surface area contributed by atoms with E-state index >= 15 is 0 Å². The van der Waals surface area contributed by atoms with E-state index in [0.29, 0.717) is 12.8 Å². The van der Waals surface area contributed by atoms with Crippen molar-refractivity contribution in [1.29, 1.82) is 0 Å². The maximum Gasteiger partial charge on any atom is 0.490 e. The number of urea groups is 1. The van der Waals surface area contributed by atoms with E-state index in [4.69, 9.17) is 14.7 Å². The third-order valence-corrected chi connectivity index (χ3v) is 2.80. The standard InChI is InChI=1S/C12H22N2O4.C2HF3O2.CH4N2O/c1-4-7-9(15)13-12(6-3,11(17)18)14-10(16)8-5-2;3-2(4,5)1(6)7;2-1(3)4/h4-8H2,1-3H3,(H,13,15)(H,14,16)(H,17,18);(H,6,7);(H4,2,3,4). The van der Waals surface area contributed by atoms with Gasteiger partial charge in [0, 0.05) is 12.8 Å². The maximum absolute atomic E-state index is 11.5. The normalized spacial score (nSPS) is 10.3. The summed E-state index contributed by atoms with van der Waals surface area (Å²) in [5.41, 5.74) is 6.80. The molecule has 0 aliphatic rings. The van der Waals surface area contributed by atoms with Crippen LogP contribution < -0.4 is 22.1 Å². The van der Waals surface area contributed by atoms with Gasteiger partial charge in [-0.1, -0.05) is 20.8 Å². The van der Waals surface area contributed by atoms with Gasteiger partial charge in [-0.25, -0.2) is 14.4 Å². The van der Waals surface area contributed by atoms with Crippen LogP contribution in [-0.4, -0.2) is 51.8 Å². The zero-order valence-electron chi connectivity index (χ0n) is 16.3. The lowest BCUT2D eigenvalue weighted by Gasteiger charge is -2.30. The Bertz CT molecular complexity index is 545. The Labute approximate surface area is 165 Å². The number of aliphatic carboxylic acids is 2. The number of nitrogens with one attached hydrogen (secondary N) is 2. The number of carbonyl (C=O) groups excluding carboxylic acids is 3. The Morgan fingerprint density at radius 2 is 1.07 bits per heavy atom. The summed E-state index contributed by atoms with van der Waals surface area (Å²) < 4.78 is 31.7. The number of primary amides is 2. The van der Waals surface area contributed by atoms with Crippen molar-refractivity contribution < 1.29 is 47.4 Å². The molecule has 0 bridgehead atoms. The second-order valence-electron chi connectivity index (χ2n) is 5.37. The average Bonchev–Trinajstić information content (AvgIpc) is 2.53. The topological polar surface area (TPSA) is 202 Å². The molecule has 0 aromatic carbocycles. The van der Waals surface area contributed by atoms with Crippen molar-refractivity contribution in [2.45, 2.75) is 64.7 Å². The van der Waals surface area contributed by atoms with Gasteiger partial charge in [0.05, 0.1) is 0 Å². The quantitative estimate of drug-likeness (QED) is 0.302. The van der Waals surface area contributed by atoms with E-state index in [-0.39, 0.29) is 31.1 Å². The van der Waals surface area contributed by atoms with Crippen molar-refractivity contribution in [3.05, 3.63) is 0 Å². The summed E-state index contributed by atoms with van der Waals surface area (Å²) >= 11 is 0. The van der Waals surface area contributed by atoms with Gasteiger partial charge in [-0.2, -0.15) is 13.2 Å². The molecule has 0 spiro atoms. The summed E-state index contributed by atoms with van der Waals surface area (Å²) in [6.45, 7) is 5.25. The van der Waals surface area contributed by atoms with Gasteiger partial charge in [-0.15, -0.1) is 0 Å². The van der Waals surface area contributed by atoms with Crippen molar-refractivity contribution >= 4 is 29.8 Å². The molecule has 0 aliphatic heterocycles. The van der Waals surface area contributed by atoms with Gasteiger partial charge in [0.2, 0.25) is 17.5 Å². The molecule has 0 fully saturated rings. The molecular formula is C15H27F3N4O7. The molecule has 0 atom stereocenters. The van der Waals surface area contributed by atoms with Gasteiger partial charge in [0.1, 0.15) is 0 Å². The first-order valence-electron chi connectivity index (χ1n) is 8.29. The van der Waals surface area contributed by atoms with Crippen LogP contribution in [0.1, 0.15) is 52.9 Å². The third kappa shape index (κ3) is 16.8. The molecule has 14 heteroatoms. The van der Waals surface area contributed by atoms with Crippen molar-refractivity contribution in [2.75, 3.05) is 0 Å². The van der Waals surface area contributed by atoms with Gasteiger partial charge >= 0.3 is 24.1 Å². The highest BCUT2D eigenvalue weighted by molar-refractivity contribution is 5.91. The second-order valence-corrected chi connectivity index (χ2v) is 5.37. The SMILES string of the molecule is CCCC(=O)NC(CC)(NC(=O)CCC)C(=O)O.NC(N)=O.O=C(O)C(F)(F)F. The van der Waals surface area contributed by atoms with Crippen molar-refractivity contribution in [1.82, 2.24) is 10.6 Å². The van der Waals surface area contributed by atoms with Crippen molar-refractivity contribution in [3.8, 4) is 0 Å². The van der Waals surface area contributed by atoms with Crippen LogP contribution in [0.2, 0.25) is 0 Å². The van der Waals surface area contributed by atoms with Gasteiger partial charge in [-0.05, 0) is 19.3 Å². The first kappa shape index (κ1) is 30.7. The first-order valence-corrected chi connectivity index (χ1v) is 8.29. The highest BCUT2D eigenvalue weighted by Gasteiger charge is 2.39.